The number of nitrogens with zero attached hydrogens (tertiary/aromatic N) is 4. The molecule has 0 radical (unpaired) electrons. The van der Waals surface area contributed by atoms with Crippen molar-refractivity contribution >= 4 is 48.3 Å². The molecular weight excluding hydrogens is 615 g/mol. The highest BCUT2D eigenvalue weighted by atomic mass is 28.3. The molecule has 2 N–H and O–H groups in total. The van der Waals surface area contributed by atoms with Gasteiger partial charge in [-0.2, -0.15) is 0 Å². The number of carbonyl (C=O) groups is 2. The minimum atomic E-state index is -2.68. The first kappa shape index (κ1) is 32.4. The van der Waals surface area contributed by atoms with Crippen LogP contribution in [0.5, 0.6) is 0 Å². The Morgan fingerprint density at radius 3 is 2.19 bits per heavy atom. The second-order valence-corrected chi connectivity index (χ2v) is 15.4. The van der Waals surface area contributed by atoms with E-state index in [1.54, 1.807) is 35.2 Å². The van der Waals surface area contributed by atoms with Crippen LogP contribution in [0.15, 0.2) is 104 Å². The van der Waals surface area contributed by atoms with Crippen molar-refractivity contribution in [3.8, 4) is 0 Å². The van der Waals surface area contributed by atoms with Gasteiger partial charge in [0.1, 0.15) is 37.5 Å². The number of anilines is 1. The molecule has 242 valence electrons. The number of ether oxygens (including phenoxy) is 3. The molecule has 1 aliphatic rings. The Labute approximate surface area is 274 Å². The molecule has 1 saturated heterocycles. The molecule has 1 aliphatic heterocycles. The molecule has 12 heteroatoms. The van der Waals surface area contributed by atoms with Gasteiger partial charge < -0.3 is 29.4 Å². The highest BCUT2D eigenvalue weighted by Crippen LogP contribution is 2.42. The van der Waals surface area contributed by atoms with Crippen LogP contribution in [0.2, 0.25) is 0 Å². The maximum absolute atomic E-state index is 13.1. The molecule has 47 heavy (non-hydrogen) atoms. The van der Waals surface area contributed by atoms with Gasteiger partial charge in [0, 0.05) is 5.56 Å². The molecule has 3 aromatic carbocycles. The predicted octanol–water partition coefficient (Wildman–Crippen LogP) is 2.47. The number of hydrogen-bond donors (Lipinski definition) is 2. The Hall–Kier alpha value is -4.59. The van der Waals surface area contributed by atoms with Crippen LogP contribution in [0.1, 0.15) is 31.1 Å². The average molecular weight is 652 g/mol. The fraction of sp³-hybridized carbons (Fsp3) is 0.286. The van der Waals surface area contributed by atoms with E-state index in [9.17, 15) is 14.7 Å². The van der Waals surface area contributed by atoms with E-state index in [1.165, 1.54) is 6.33 Å². The summed E-state index contributed by atoms with van der Waals surface area (Å²) in [5.74, 6) is -0.137. The zero-order valence-electron chi connectivity index (χ0n) is 26.4. The molecule has 0 saturated carbocycles. The van der Waals surface area contributed by atoms with Crippen LogP contribution in [0.25, 0.3) is 11.2 Å². The van der Waals surface area contributed by atoms with Crippen LogP contribution in [0, 0.1) is 0 Å². The van der Waals surface area contributed by atoms with Gasteiger partial charge in [0.15, 0.2) is 31.1 Å². The summed E-state index contributed by atoms with van der Waals surface area (Å²) in [5, 5.41) is 15.4. The number of aliphatic hydroxyl groups excluding tert-OH is 1. The normalized spacial score (nSPS) is 21.3. The van der Waals surface area contributed by atoms with E-state index in [2.05, 4.69) is 15.3 Å². The number of fused-ring (bicyclic) bond motifs is 1. The maximum Gasteiger partial charge on any atom is 0.256 e. The number of carbonyl (C=O) groups excluding carboxylic acids is 2. The molecule has 0 spiro atoms. The zero-order valence-corrected chi connectivity index (χ0v) is 27.5. The molecule has 0 unspecified atom stereocenters. The zero-order chi connectivity index (χ0) is 33.0. The van der Waals surface area contributed by atoms with Gasteiger partial charge in [-0.25, -0.2) is 15.0 Å². The quantitative estimate of drug-likeness (QED) is 0.163. The number of imidazole rings is 1. The van der Waals surface area contributed by atoms with E-state index in [4.69, 9.17) is 19.2 Å². The second-order valence-electron chi connectivity index (χ2n) is 12.3. The summed E-state index contributed by atoms with van der Waals surface area (Å²) in [4.78, 5) is 38.6. The summed E-state index contributed by atoms with van der Waals surface area (Å²) in [7, 11) is -2.68. The molecule has 1 amide bonds. The number of aliphatic hydroxyl groups is 1. The summed E-state index contributed by atoms with van der Waals surface area (Å²) in [6.07, 6.45) is 0.543. The largest absolute Gasteiger partial charge is 0.387 e. The first-order valence-electron chi connectivity index (χ1n) is 15.4. The molecule has 0 bridgehead atoms. The number of amides is 1. The molecule has 11 nitrogen and oxygen atoms in total. The minimum Gasteiger partial charge on any atom is -0.387 e. The highest BCUT2D eigenvalue weighted by molar-refractivity contribution is 6.86. The lowest BCUT2D eigenvalue weighted by atomic mass is 10.1. The Kier molecular flexibility index (Phi) is 9.39. The number of aldehydes is 1. The number of hydrogen-bond acceptors (Lipinski definition) is 9. The highest BCUT2D eigenvalue weighted by Gasteiger charge is 2.62. The molecule has 0 aliphatic carbocycles. The standard InChI is InChI=1S/C35H37N5O6Si/c1-34(2,3)45-21-27-29(42)30(44-20-19-41)35(46-27,47(25-15-9-5-10-16-25)26-17-11-6-12-18-26)40-23-38-28-31(36-22-37-32(28)40)39-33(43)24-13-7-4-8-14-24/h4-19,22-23,27,29-30,42,47H,20-21H2,1-3H3,(H,36,37,39,43)/t27-,29-,30-,35+/m1/s1. The van der Waals surface area contributed by atoms with Gasteiger partial charge in [0.05, 0.1) is 18.5 Å². The lowest BCUT2D eigenvalue weighted by molar-refractivity contribution is -0.130. The monoisotopic (exact) mass is 651 g/mol. The van der Waals surface area contributed by atoms with E-state index in [1.807, 2.05) is 87.5 Å². The van der Waals surface area contributed by atoms with Crippen molar-refractivity contribution < 1.29 is 28.9 Å². The molecule has 6 rings (SSSR count). The van der Waals surface area contributed by atoms with Gasteiger partial charge in [0.2, 0.25) is 0 Å². The lowest BCUT2D eigenvalue weighted by Crippen LogP contribution is -2.67. The summed E-state index contributed by atoms with van der Waals surface area (Å²) in [6.45, 7) is 5.58. The number of aromatic nitrogens is 4. The number of benzene rings is 3. The van der Waals surface area contributed by atoms with Gasteiger partial charge in [-0.05, 0) is 32.9 Å². The second kappa shape index (κ2) is 13.6. The third-order valence-corrected chi connectivity index (χ3v) is 11.8. The van der Waals surface area contributed by atoms with Crippen molar-refractivity contribution in [1.29, 1.82) is 0 Å². The lowest BCUT2D eigenvalue weighted by Gasteiger charge is -2.42. The molecule has 3 heterocycles. The van der Waals surface area contributed by atoms with Gasteiger partial charge in [0.25, 0.3) is 5.91 Å². The van der Waals surface area contributed by atoms with Crippen LogP contribution >= 0.6 is 0 Å². The average Bonchev–Trinajstić information content (AvgIpc) is 3.64. The smallest absolute Gasteiger partial charge is 0.256 e. The fourth-order valence-electron chi connectivity index (χ4n) is 6.12. The van der Waals surface area contributed by atoms with E-state index in [-0.39, 0.29) is 24.9 Å². The number of nitrogens with one attached hydrogen (secondary N) is 1. The molecule has 4 atom stereocenters. The topological polar surface area (TPSA) is 138 Å². The van der Waals surface area contributed by atoms with Crippen molar-refractivity contribution in [2.45, 2.75) is 50.0 Å². The third-order valence-electron chi connectivity index (χ3n) is 8.12. The van der Waals surface area contributed by atoms with E-state index in [0.29, 0.717) is 23.0 Å². The number of rotatable bonds is 11. The Bertz CT molecular complexity index is 1780. The van der Waals surface area contributed by atoms with E-state index >= 15 is 0 Å². The van der Waals surface area contributed by atoms with Gasteiger partial charge in [-0.15, -0.1) is 0 Å². The molecule has 2 aromatic heterocycles. The third kappa shape index (κ3) is 6.51. The van der Waals surface area contributed by atoms with Gasteiger partial charge >= 0.3 is 0 Å². The molecular formula is C35H37N5O6Si. The van der Waals surface area contributed by atoms with Crippen molar-refractivity contribution in [2.24, 2.45) is 0 Å². The van der Waals surface area contributed by atoms with Crippen LogP contribution < -0.4 is 15.7 Å². The Morgan fingerprint density at radius 2 is 1.60 bits per heavy atom. The Morgan fingerprint density at radius 1 is 0.979 bits per heavy atom. The van der Waals surface area contributed by atoms with Crippen molar-refractivity contribution in [1.82, 2.24) is 19.5 Å². The van der Waals surface area contributed by atoms with Crippen LogP contribution in [-0.2, 0) is 24.4 Å². The summed E-state index contributed by atoms with van der Waals surface area (Å²) in [6, 6.07) is 28.7. The molecule has 1 fully saturated rings. The SMILES string of the molecule is CC(C)(C)OC[C@H]1O[C@](n2cnc3c(NC(=O)c4ccccc4)ncnc32)([SiH](c2ccccc2)c2ccccc2)[C@H](OCC=O)[C@@H]1O. The first-order valence-corrected chi connectivity index (χ1v) is 17.2. The Balaban J connectivity index is 1.57. The van der Waals surface area contributed by atoms with E-state index < -0.39 is 38.1 Å². The van der Waals surface area contributed by atoms with Gasteiger partial charge in [-0.1, -0.05) is 89.2 Å². The predicted molar refractivity (Wildman–Crippen MR) is 179 cm³/mol. The minimum absolute atomic E-state index is 0.0675. The summed E-state index contributed by atoms with van der Waals surface area (Å²) < 4.78 is 21.3. The van der Waals surface area contributed by atoms with Crippen LogP contribution in [0.3, 0.4) is 0 Å². The first-order chi connectivity index (χ1) is 22.7. The van der Waals surface area contributed by atoms with Crippen LogP contribution in [-0.4, -0.2) is 82.7 Å². The maximum atomic E-state index is 13.1. The van der Waals surface area contributed by atoms with Crippen molar-refractivity contribution in [3.63, 3.8) is 0 Å². The van der Waals surface area contributed by atoms with Crippen molar-refractivity contribution in [2.75, 3.05) is 18.5 Å². The fourth-order valence-corrected chi connectivity index (χ4v) is 10.1. The molecule has 5 aromatic rings. The van der Waals surface area contributed by atoms with E-state index in [0.717, 1.165) is 10.4 Å². The summed E-state index contributed by atoms with van der Waals surface area (Å²) in [5.41, 5.74) is 0.634. The van der Waals surface area contributed by atoms with Gasteiger partial charge in [-0.3, -0.25) is 9.36 Å². The summed E-state index contributed by atoms with van der Waals surface area (Å²) >= 11 is 0. The van der Waals surface area contributed by atoms with Crippen molar-refractivity contribution in [3.05, 3.63) is 109 Å². The van der Waals surface area contributed by atoms with Crippen LogP contribution in [0.4, 0.5) is 5.82 Å².